The number of ether oxygens (including phenoxy) is 2. The number of para-hydroxylation sites is 2. The molecule has 1 heterocycles. The number of nitrogens with zero attached hydrogens (tertiary/aromatic N) is 1. The third-order valence-electron chi connectivity index (χ3n) is 5.09. The van der Waals surface area contributed by atoms with Gasteiger partial charge in [0, 0.05) is 18.6 Å². The van der Waals surface area contributed by atoms with Crippen molar-refractivity contribution in [1.82, 2.24) is 0 Å². The smallest absolute Gasteiger partial charge is 0.404 e. The van der Waals surface area contributed by atoms with E-state index in [1.54, 1.807) is 6.07 Å². The molecule has 0 atom stereocenters. The summed E-state index contributed by atoms with van der Waals surface area (Å²) in [5.74, 6) is -0.333. The second kappa shape index (κ2) is 8.73. The van der Waals surface area contributed by atoms with E-state index in [9.17, 15) is 13.2 Å². The van der Waals surface area contributed by atoms with E-state index in [1.807, 2.05) is 12.1 Å². The van der Waals surface area contributed by atoms with Crippen LogP contribution in [0.2, 0.25) is 0 Å². The summed E-state index contributed by atoms with van der Waals surface area (Å²) in [5, 5.41) is 2.73. The van der Waals surface area contributed by atoms with Crippen molar-refractivity contribution in [2.45, 2.75) is 31.5 Å². The number of halogens is 3. The minimum Gasteiger partial charge on any atom is -0.404 e. The Kier molecular flexibility index (Phi) is 6.32. The monoisotopic (exact) mass is 407 g/mol. The highest BCUT2D eigenvalue weighted by Crippen LogP contribution is 2.37. The van der Waals surface area contributed by atoms with Crippen LogP contribution in [0.25, 0.3) is 0 Å². The van der Waals surface area contributed by atoms with Crippen molar-refractivity contribution in [2.24, 2.45) is 10.7 Å². The average Bonchev–Trinajstić information content (AvgIpc) is 2.68. The standard InChI is InChI=1S/C21H24F3N3O2/c1-15-6-2-3-7-16(15)20(10-12-28-13-11-20)14-26-19(25)27-17-8-4-5-9-18(17)29-21(22,23)24/h2-9H,10-14H2,1H3,(H3,25,26,27). The van der Waals surface area contributed by atoms with Crippen molar-refractivity contribution in [1.29, 1.82) is 0 Å². The molecule has 0 unspecified atom stereocenters. The number of alkyl halides is 3. The van der Waals surface area contributed by atoms with Crippen molar-refractivity contribution < 1.29 is 22.6 Å². The van der Waals surface area contributed by atoms with Gasteiger partial charge in [0.2, 0.25) is 0 Å². The molecule has 0 amide bonds. The molecule has 1 aliphatic rings. The Morgan fingerprint density at radius 1 is 1.14 bits per heavy atom. The summed E-state index contributed by atoms with van der Waals surface area (Å²) >= 11 is 0. The van der Waals surface area contributed by atoms with Gasteiger partial charge in [0.25, 0.3) is 0 Å². The number of nitrogens with two attached hydrogens (primary N) is 1. The number of guanidine groups is 1. The van der Waals surface area contributed by atoms with Crippen molar-refractivity contribution in [3.63, 3.8) is 0 Å². The lowest BCUT2D eigenvalue weighted by molar-refractivity contribution is -0.274. The van der Waals surface area contributed by atoms with Crippen LogP contribution in [0.4, 0.5) is 18.9 Å². The molecule has 3 rings (SSSR count). The summed E-state index contributed by atoms with van der Waals surface area (Å²) in [4.78, 5) is 4.46. The van der Waals surface area contributed by atoms with Gasteiger partial charge in [0.1, 0.15) is 0 Å². The Balaban J connectivity index is 1.80. The van der Waals surface area contributed by atoms with E-state index in [-0.39, 0.29) is 22.8 Å². The fourth-order valence-electron chi connectivity index (χ4n) is 3.64. The Labute approximate surface area is 167 Å². The molecule has 1 aliphatic heterocycles. The summed E-state index contributed by atoms with van der Waals surface area (Å²) in [6.45, 7) is 3.71. The van der Waals surface area contributed by atoms with Crippen molar-refractivity contribution >= 4 is 11.6 Å². The summed E-state index contributed by atoms with van der Waals surface area (Å²) in [6, 6.07) is 13.8. The molecule has 8 heteroatoms. The SMILES string of the molecule is Cc1ccccc1C1(CN=C(N)Nc2ccccc2OC(F)(F)F)CCOCC1. The average molecular weight is 407 g/mol. The molecule has 2 aromatic rings. The minimum atomic E-state index is -4.79. The second-order valence-electron chi connectivity index (χ2n) is 7.08. The summed E-state index contributed by atoms with van der Waals surface area (Å²) in [5.41, 5.74) is 8.24. The Bertz CT molecular complexity index is 862. The number of rotatable bonds is 5. The summed E-state index contributed by atoms with van der Waals surface area (Å²) < 4.78 is 47.4. The fraction of sp³-hybridized carbons (Fsp3) is 0.381. The van der Waals surface area contributed by atoms with E-state index in [4.69, 9.17) is 10.5 Å². The molecule has 0 radical (unpaired) electrons. The topological polar surface area (TPSA) is 68.9 Å². The molecule has 0 bridgehead atoms. The quantitative estimate of drug-likeness (QED) is 0.571. The number of hydrogen-bond acceptors (Lipinski definition) is 3. The van der Waals surface area contributed by atoms with Gasteiger partial charge in [-0.05, 0) is 43.0 Å². The van der Waals surface area contributed by atoms with Gasteiger partial charge < -0.3 is 20.5 Å². The molecule has 156 valence electrons. The number of nitrogens with one attached hydrogen (secondary N) is 1. The van der Waals surface area contributed by atoms with Crippen LogP contribution in [-0.4, -0.2) is 32.1 Å². The Morgan fingerprint density at radius 2 is 1.79 bits per heavy atom. The maximum Gasteiger partial charge on any atom is 0.573 e. The van der Waals surface area contributed by atoms with Crippen LogP contribution in [0.5, 0.6) is 5.75 Å². The first kappa shape index (κ1) is 21.0. The first-order chi connectivity index (χ1) is 13.8. The minimum absolute atomic E-state index is 0.0303. The third kappa shape index (κ3) is 5.41. The molecule has 3 N–H and O–H groups in total. The third-order valence-corrected chi connectivity index (χ3v) is 5.09. The molecule has 0 aliphatic carbocycles. The molecule has 0 aromatic heterocycles. The highest BCUT2D eigenvalue weighted by Gasteiger charge is 2.35. The van der Waals surface area contributed by atoms with E-state index in [0.717, 1.165) is 12.8 Å². The lowest BCUT2D eigenvalue weighted by Gasteiger charge is -2.37. The molecule has 1 fully saturated rings. The van der Waals surface area contributed by atoms with Gasteiger partial charge in [-0.15, -0.1) is 13.2 Å². The van der Waals surface area contributed by atoms with Crippen molar-refractivity contribution in [3.8, 4) is 5.75 Å². The van der Waals surface area contributed by atoms with Gasteiger partial charge >= 0.3 is 6.36 Å². The van der Waals surface area contributed by atoms with Crippen LogP contribution in [0.15, 0.2) is 53.5 Å². The molecule has 0 saturated carbocycles. The van der Waals surface area contributed by atoms with Crippen LogP contribution in [-0.2, 0) is 10.2 Å². The number of aliphatic imine (C=N–C) groups is 1. The number of anilines is 1. The molecule has 2 aromatic carbocycles. The number of aryl methyl sites for hydroxylation is 1. The Hall–Kier alpha value is -2.74. The van der Waals surface area contributed by atoms with Gasteiger partial charge in [0.05, 0.1) is 12.2 Å². The maximum absolute atomic E-state index is 12.6. The highest BCUT2D eigenvalue weighted by molar-refractivity contribution is 5.93. The zero-order chi connectivity index (χ0) is 20.9. The molecule has 1 saturated heterocycles. The van der Waals surface area contributed by atoms with E-state index < -0.39 is 6.36 Å². The normalized spacial score (nSPS) is 17.0. The molecule has 29 heavy (non-hydrogen) atoms. The zero-order valence-electron chi connectivity index (χ0n) is 16.1. The predicted molar refractivity (Wildman–Crippen MR) is 106 cm³/mol. The molecule has 0 spiro atoms. The van der Waals surface area contributed by atoms with Crippen LogP contribution in [0.1, 0.15) is 24.0 Å². The fourth-order valence-corrected chi connectivity index (χ4v) is 3.64. The first-order valence-electron chi connectivity index (χ1n) is 9.35. The first-order valence-corrected chi connectivity index (χ1v) is 9.35. The van der Waals surface area contributed by atoms with Gasteiger partial charge in [-0.1, -0.05) is 36.4 Å². The van der Waals surface area contributed by atoms with Gasteiger partial charge in [-0.25, -0.2) is 0 Å². The summed E-state index contributed by atoms with van der Waals surface area (Å²) in [6.07, 6.45) is -3.20. The molecular weight excluding hydrogens is 383 g/mol. The van der Waals surface area contributed by atoms with Gasteiger partial charge in [0.15, 0.2) is 11.7 Å². The highest BCUT2D eigenvalue weighted by atomic mass is 19.4. The van der Waals surface area contributed by atoms with Crippen molar-refractivity contribution in [2.75, 3.05) is 25.1 Å². The Morgan fingerprint density at radius 3 is 2.48 bits per heavy atom. The largest absolute Gasteiger partial charge is 0.573 e. The van der Waals surface area contributed by atoms with E-state index in [0.29, 0.717) is 19.8 Å². The van der Waals surface area contributed by atoms with Crippen molar-refractivity contribution in [3.05, 3.63) is 59.7 Å². The number of hydrogen-bond donors (Lipinski definition) is 2. The second-order valence-corrected chi connectivity index (χ2v) is 7.08. The van der Waals surface area contributed by atoms with Crippen LogP contribution in [0.3, 0.4) is 0 Å². The van der Waals surface area contributed by atoms with Gasteiger partial charge in [-0.3, -0.25) is 4.99 Å². The number of benzene rings is 2. The predicted octanol–water partition coefficient (Wildman–Crippen LogP) is 4.37. The van der Waals surface area contributed by atoms with Crippen LogP contribution >= 0.6 is 0 Å². The van der Waals surface area contributed by atoms with E-state index in [1.165, 1.54) is 29.3 Å². The summed E-state index contributed by atoms with van der Waals surface area (Å²) in [7, 11) is 0. The molecule has 5 nitrogen and oxygen atoms in total. The lowest BCUT2D eigenvalue weighted by Crippen LogP contribution is -2.38. The maximum atomic E-state index is 12.6. The van der Waals surface area contributed by atoms with Crippen LogP contribution < -0.4 is 15.8 Å². The molecular formula is C21H24F3N3O2. The van der Waals surface area contributed by atoms with E-state index in [2.05, 4.69) is 34.1 Å². The van der Waals surface area contributed by atoms with E-state index >= 15 is 0 Å². The van der Waals surface area contributed by atoms with Crippen LogP contribution in [0, 0.1) is 6.92 Å². The van der Waals surface area contributed by atoms with Gasteiger partial charge in [-0.2, -0.15) is 0 Å². The zero-order valence-corrected chi connectivity index (χ0v) is 16.1. The lowest BCUT2D eigenvalue weighted by atomic mass is 9.72.